The summed E-state index contributed by atoms with van der Waals surface area (Å²) in [6.07, 6.45) is 1.59. The molecule has 3 saturated carbocycles. The van der Waals surface area contributed by atoms with Gasteiger partial charge < -0.3 is 25.5 Å². The number of aromatic carboxylic acids is 1. The van der Waals surface area contributed by atoms with Gasteiger partial charge in [0.1, 0.15) is 12.1 Å². The van der Waals surface area contributed by atoms with Crippen LogP contribution in [0.2, 0.25) is 0 Å². The fourth-order valence-electron chi connectivity index (χ4n) is 9.18. The first-order chi connectivity index (χ1) is 23.6. The summed E-state index contributed by atoms with van der Waals surface area (Å²) in [7, 11) is 4.14. The van der Waals surface area contributed by atoms with E-state index >= 15 is 0 Å². The lowest BCUT2D eigenvalue weighted by Crippen LogP contribution is -2.62. The number of carbonyl (C=O) groups is 2. The number of likely N-dealkylation sites (N-methyl/N-ethyl adjacent to an activating group) is 1. The van der Waals surface area contributed by atoms with Gasteiger partial charge in [-0.15, -0.1) is 11.3 Å². The molecule has 9 atom stereocenters. The summed E-state index contributed by atoms with van der Waals surface area (Å²) in [4.78, 5) is 37.8. The van der Waals surface area contributed by atoms with Gasteiger partial charge in [-0.1, -0.05) is 58.9 Å². The van der Waals surface area contributed by atoms with Crippen molar-refractivity contribution in [2.75, 3.05) is 27.2 Å². The van der Waals surface area contributed by atoms with Gasteiger partial charge >= 0.3 is 5.97 Å². The van der Waals surface area contributed by atoms with Crippen molar-refractivity contribution in [3.63, 3.8) is 0 Å². The van der Waals surface area contributed by atoms with Gasteiger partial charge in [-0.2, -0.15) is 5.06 Å². The summed E-state index contributed by atoms with van der Waals surface area (Å²) in [5.74, 6) is 0.351. The van der Waals surface area contributed by atoms with E-state index in [0.717, 1.165) is 35.4 Å². The van der Waals surface area contributed by atoms with Crippen LogP contribution < -0.4 is 5.32 Å². The van der Waals surface area contributed by atoms with Crippen LogP contribution >= 0.6 is 11.3 Å². The number of nitrogens with zero attached hydrogens (tertiary/aromatic N) is 3. The van der Waals surface area contributed by atoms with Crippen molar-refractivity contribution in [1.29, 1.82) is 0 Å². The highest BCUT2D eigenvalue weighted by molar-refractivity contribution is 7.10. The van der Waals surface area contributed by atoms with Gasteiger partial charge in [0, 0.05) is 42.5 Å². The molecule has 1 saturated heterocycles. The van der Waals surface area contributed by atoms with E-state index < -0.39 is 30.1 Å². The number of rotatable bonds is 16. The second-order valence-electron chi connectivity index (χ2n) is 16.6. The van der Waals surface area contributed by atoms with Crippen molar-refractivity contribution in [1.82, 2.24) is 20.2 Å². The molecular formula is C39H60N4O6S. The van der Waals surface area contributed by atoms with Gasteiger partial charge in [-0.05, 0) is 91.9 Å². The number of hydrogen-bond donors (Lipinski definition) is 4. The normalized spacial score (nSPS) is 28.9. The van der Waals surface area contributed by atoms with Gasteiger partial charge in [-0.25, -0.2) is 4.79 Å². The van der Waals surface area contributed by atoms with Crippen LogP contribution in [0.1, 0.15) is 87.2 Å². The number of benzene rings is 1. The SMILES string of the molecule is CC(C)C[C@@H](CN(C)C)N(Cc1cccc(CN2O[C@@H](CO)[C@@H]([C@H](C)O)[C@H]2C(=O)N[C@H]2C[C@@H]3C[C@H]([C@@H]2C)C3(C)C)c1)Cc1sccc1C(=O)O. The topological polar surface area (TPSA) is 126 Å². The number of fused-ring (bicyclic) bond motifs is 2. The zero-order valence-corrected chi connectivity index (χ0v) is 32.0. The van der Waals surface area contributed by atoms with Gasteiger partial charge in [0.25, 0.3) is 0 Å². The number of aliphatic hydroxyl groups excluding tert-OH is 2. The third-order valence-electron chi connectivity index (χ3n) is 11.9. The van der Waals surface area contributed by atoms with Gasteiger partial charge in [0.15, 0.2) is 0 Å². The first kappa shape index (κ1) is 38.8. The fraction of sp³-hybridized carbons (Fsp3) is 0.692. The molecule has 50 heavy (non-hydrogen) atoms. The molecule has 1 aromatic heterocycles. The molecule has 3 aliphatic carbocycles. The maximum atomic E-state index is 14.1. The first-order valence-corrected chi connectivity index (χ1v) is 19.3. The maximum Gasteiger partial charge on any atom is 0.336 e. The minimum atomic E-state index is -0.907. The second-order valence-corrected chi connectivity index (χ2v) is 17.6. The van der Waals surface area contributed by atoms with E-state index in [4.69, 9.17) is 4.84 Å². The average molecular weight is 713 g/mol. The summed E-state index contributed by atoms with van der Waals surface area (Å²) in [5, 5.41) is 37.9. The highest BCUT2D eigenvalue weighted by atomic mass is 32.1. The molecule has 0 unspecified atom stereocenters. The summed E-state index contributed by atoms with van der Waals surface area (Å²) in [6.45, 7) is 15.0. The highest BCUT2D eigenvalue weighted by Crippen LogP contribution is 2.61. The van der Waals surface area contributed by atoms with E-state index in [1.807, 2.05) is 17.5 Å². The zero-order chi connectivity index (χ0) is 36.5. The zero-order valence-electron chi connectivity index (χ0n) is 31.2. The number of amides is 1. The van der Waals surface area contributed by atoms with Gasteiger partial charge in [0.05, 0.1) is 24.8 Å². The largest absolute Gasteiger partial charge is 0.478 e. The molecule has 0 radical (unpaired) electrons. The molecule has 2 bridgehead atoms. The lowest BCUT2D eigenvalue weighted by atomic mass is 9.45. The van der Waals surface area contributed by atoms with Gasteiger partial charge in [-0.3, -0.25) is 14.5 Å². The van der Waals surface area contributed by atoms with Gasteiger partial charge in [0.2, 0.25) is 5.91 Å². The highest BCUT2D eigenvalue weighted by Gasteiger charge is 2.57. The Morgan fingerprint density at radius 3 is 2.44 bits per heavy atom. The quantitative estimate of drug-likeness (QED) is 0.189. The van der Waals surface area contributed by atoms with Crippen LogP contribution in [0.15, 0.2) is 35.7 Å². The predicted octanol–water partition coefficient (Wildman–Crippen LogP) is 5.09. The summed E-state index contributed by atoms with van der Waals surface area (Å²) >= 11 is 1.48. The van der Waals surface area contributed by atoms with Crippen molar-refractivity contribution in [2.24, 2.45) is 35.0 Å². The Kier molecular flexibility index (Phi) is 12.5. The Labute approximate surface area is 302 Å². The van der Waals surface area contributed by atoms with E-state index in [9.17, 15) is 24.9 Å². The molecule has 4 N–H and O–H groups in total. The average Bonchev–Trinajstić information content (AvgIpc) is 3.65. The lowest BCUT2D eigenvalue weighted by Gasteiger charge is -2.62. The van der Waals surface area contributed by atoms with Crippen LogP contribution in [0.3, 0.4) is 0 Å². The van der Waals surface area contributed by atoms with Crippen molar-refractivity contribution in [2.45, 2.75) is 111 Å². The first-order valence-electron chi connectivity index (χ1n) is 18.4. The van der Waals surface area contributed by atoms with E-state index in [1.54, 1.807) is 18.1 Å². The Bertz CT molecular complexity index is 1450. The molecule has 0 spiro atoms. The lowest BCUT2D eigenvalue weighted by molar-refractivity contribution is -0.183. The van der Waals surface area contributed by atoms with E-state index in [0.29, 0.717) is 54.3 Å². The Morgan fingerprint density at radius 2 is 1.84 bits per heavy atom. The number of carboxylic acids is 1. The molecular weight excluding hydrogens is 653 g/mol. The Balaban J connectivity index is 1.37. The predicted molar refractivity (Wildman–Crippen MR) is 196 cm³/mol. The molecule has 1 amide bonds. The molecule has 11 heteroatoms. The third kappa shape index (κ3) is 8.46. The van der Waals surface area contributed by atoms with E-state index in [2.05, 4.69) is 76.0 Å². The third-order valence-corrected chi connectivity index (χ3v) is 12.8. The van der Waals surface area contributed by atoms with Crippen LogP contribution in [-0.2, 0) is 29.3 Å². The van der Waals surface area contributed by atoms with Crippen molar-refractivity contribution < 1.29 is 29.7 Å². The standard InChI is InChI=1S/C39H60N4O6S/c1-23(2)14-29(20-41(7)8)42(21-34-30(38(47)48)12-13-50-34)18-26-10-9-11-27(15-26)19-43-36(35(25(4)45)33(22-44)49-43)37(46)40-32-17-28-16-31(24(32)3)39(28,5)6/h9-13,15,23-25,28-29,31-33,35-36,44-45H,14,16-22H2,1-8H3,(H,40,46)(H,47,48)/t24-,25-,28-,29-,31+,32-,33-,35+,36-/m0/s1. The van der Waals surface area contributed by atoms with Crippen molar-refractivity contribution in [3.8, 4) is 0 Å². The number of aliphatic hydroxyl groups is 2. The number of carboxylic acid groups (broad SMARTS) is 1. The van der Waals surface area contributed by atoms with Crippen molar-refractivity contribution in [3.05, 3.63) is 57.3 Å². The minimum absolute atomic E-state index is 0.0733. The molecule has 4 aliphatic rings. The fourth-order valence-corrected chi connectivity index (χ4v) is 10.1. The number of hydrogen-bond acceptors (Lipinski definition) is 9. The maximum absolute atomic E-state index is 14.1. The van der Waals surface area contributed by atoms with E-state index in [-0.39, 0.29) is 24.6 Å². The second kappa shape index (κ2) is 16.1. The van der Waals surface area contributed by atoms with Crippen molar-refractivity contribution >= 4 is 23.2 Å². The monoisotopic (exact) mass is 712 g/mol. The summed E-state index contributed by atoms with van der Waals surface area (Å²) in [6, 6.07) is 9.45. The molecule has 2 heterocycles. The number of nitrogens with one attached hydrogen (secondary N) is 1. The molecule has 6 rings (SSSR count). The van der Waals surface area contributed by atoms with Crippen LogP contribution in [-0.4, -0.2) is 99.6 Å². The van der Waals surface area contributed by atoms with E-state index in [1.165, 1.54) is 17.8 Å². The smallest absolute Gasteiger partial charge is 0.336 e. The minimum Gasteiger partial charge on any atom is -0.478 e. The number of hydroxylamine groups is 2. The number of thiophene rings is 1. The van der Waals surface area contributed by atoms with Crippen LogP contribution in [0.5, 0.6) is 0 Å². The molecule has 1 aliphatic heterocycles. The molecule has 2 aromatic rings. The molecule has 4 fully saturated rings. The number of carbonyl (C=O) groups excluding carboxylic acids is 1. The van der Waals surface area contributed by atoms with Crippen LogP contribution in [0.4, 0.5) is 0 Å². The molecule has 10 nitrogen and oxygen atoms in total. The summed E-state index contributed by atoms with van der Waals surface area (Å²) < 4.78 is 0. The molecule has 278 valence electrons. The molecule has 1 aromatic carbocycles. The Hall–Kier alpha value is -2.38. The van der Waals surface area contributed by atoms with Crippen LogP contribution in [0, 0.1) is 35.0 Å². The van der Waals surface area contributed by atoms with Crippen LogP contribution in [0.25, 0.3) is 0 Å². The summed E-state index contributed by atoms with van der Waals surface area (Å²) in [5.41, 5.74) is 2.68. The Morgan fingerprint density at radius 1 is 1.12 bits per heavy atom.